The number of nitrogens with one attached hydrogen (secondary N) is 2. The number of anilines is 1. The molecule has 2 heterocycles. The molecule has 0 radical (unpaired) electrons. The van der Waals surface area contributed by atoms with Gasteiger partial charge in [-0.2, -0.15) is 5.10 Å². The van der Waals surface area contributed by atoms with Gasteiger partial charge in [-0.25, -0.2) is 12.9 Å². The van der Waals surface area contributed by atoms with Crippen LogP contribution in [0.4, 0.5) is 5.69 Å². The van der Waals surface area contributed by atoms with Crippen molar-refractivity contribution in [2.24, 2.45) is 0 Å². The van der Waals surface area contributed by atoms with E-state index in [9.17, 15) is 13.2 Å². The highest BCUT2D eigenvalue weighted by molar-refractivity contribution is 7.92. The number of nitrogens with zero attached hydrogens (tertiary/aromatic N) is 2. The number of hydrogen-bond acceptors (Lipinski definition) is 5. The molecule has 136 valence electrons. The van der Waals surface area contributed by atoms with Crippen molar-refractivity contribution in [2.45, 2.75) is 0 Å². The second-order valence-electron chi connectivity index (χ2n) is 5.52. The van der Waals surface area contributed by atoms with E-state index in [1.165, 1.54) is 7.11 Å². The van der Waals surface area contributed by atoms with E-state index >= 15 is 0 Å². The normalized spacial score (nSPS) is 11.3. The van der Waals surface area contributed by atoms with Crippen LogP contribution in [0, 0.1) is 0 Å². The highest BCUT2D eigenvalue weighted by Gasteiger charge is 2.12. The number of benzene rings is 1. The lowest BCUT2D eigenvalue weighted by Crippen LogP contribution is -2.31. The lowest BCUT2D eigenvalue weighted by atomic mass is 10.2. The molecule has 0 aliphatic rings. The third-order valence-electron chi connectivity index (χ3n) is 3.68. The quantitative estimate of drug-likeness (QED) is 0.653. The molecule has 2 N–H and O–H groups in total. The molecule has 0 fully saturated rings. The van der Waals surface area contributed by atoms with Crippen LogP contribution < -0.4 is 14.8 Å². The van der Waals surface area contributed by atoms with Crippen molar-refractivity contribution in [3.63, 3.8) is 0 Å². The van der Waals surface area contributed by atoms with E-state index in [1.54, 1.807) is 59.4 Å². The van der Waals surface area contributed by atoms with E-state index in [2.05, 4.69) is 15.1 Å². The molecule has 0 spiro atoms. The van der Waals surface area contributed by atoms with Crippen molar-refractivity contribution >= 4 is 27.1 Å². The fourth-order valence-electron chi connectivity index (χ4n) is 2.36. The Morgan fingerprint density at radius 3 is 2.69 bits per heavy atom. The molecule has 0 aliphatic carbocycles. The van der Waals surface area contributed by atoms with E-state index in [1.807, 2.05) is 0 Å². The first-order valence-corrected chi connectivity index (χ1v) is 9.48. The van der Waals surface area contributed by atoms with Crippen LogP contribution in [0.1, 0.15) is 10.4 Å². The zero-order chi connectivity index (χ0) is 18.6. The fraction of sp³-hybridized carbons (Fsp3) is 0.176. The maximum atomic E-state index is 12.2. The predicted molar refractivity (Wildman–Crippen MR) is 97.9 cm³/mol. The molecule has 3 aromatic rings. The van der Waals surface area contributed by atoms with Gasteiger partial charge in [0, 0.05) is 24.5 Å². The summed E-state index contributed by atoms with van der Waals surface area (Å²) in [5.74, 6) is 0.0614. The number of carbonyl (C=O) groups is 1. The van der Waals surface area contributed by atoms with Crippen LogP contribution in [0.3, 0.4) is 0 Å². The summed E-state index contributed by atoms with van der Waals surface area (Å²) in [4.78, 5) is 12.0. The number of sulfonamides is 1. The standard InChI is InChI=1S/C17H18N4O4S/c1-25-16-4-2-13(3-5-16)17(22)18-9-11-26(23,24)20-14-7-10-21-15(12-14)6-8-19-21/h2-8,10,12,20H,9,11H2,1H3,(H,18,22). The summed E-state index contributed by atoms with van der Waals surface area (Å²) >= 11 is 0. The van der Waals surface area contributed by atoms with Crippen molar-refractivity contribution in [3.8, 4) is 5.75 Å². The summed E-state index contributed by atoms with van der Waals surface area (Å²) in [7, 11) is -2.05. The third-order valence-corrected chi connectivity index (χ3v) is 4.97. The Morgan fingerprint density at radius 2 is 1.96 bits per heavy atom. The number of aromatic nitrogens is 2. The van der Waals surface area contributed by atoms with E-state index in [0.717, 1.165) is 5.52 Å². The van der Waals surface area contributed by atoms with Crippen molar-refractivity contribution < 1.29 is 17.9 Å². The minimum absolute atomic E-state index is 0.00484. The van der Waals surface area contributed by atoms with E-state index in [-0.39, 0.29) is 18.2 Å². The molecule has 0 bridgehead atoms. The predicted octanol–water partition coefficient (Wildman–Crippen LogP) is 1.51. The minimum Gasteiger partial charge on any atom is -0.497 e. The van der Waals surface area contributed by atoms with Crippen LogP contribution in [0.5, 0.6) is 5.75 Å². The summed E-state index contributed by atoms with van der Waals surface area (Å²) < 4.78 is 33.5. The summed E-state index contributed by atoms with van der Waals surface area (Å²) in [6, 6.07) is 11.6. The molecule has 9 heteroatoms. The van der Waals surface area contributed by atoms with E-state index < -0.39 is 10.0 Å². The van der Waals surface area contributed by atoms with Gasteiger partial charge in [0.25, 0.3) is 5.91 Å². The Labute approximate surface area is 150 Å². The molecule has 0 aliphatic heterocycles. The first-order valence-electron chi connectivity index (χ1n) is 7.83. The largest absolute Gasteiger partial charge is 0.497 e. The molecule has 0 unspecified atom stereocenters. The number of fused-ring (bicyclic) bond motifs is 1. The van der Waals surface area contributed by atoms with Crippen molar-refractivity contribution in [2.75, 3.05) is 24.1 Å². The number of amides is 1. The molecular weight excluding hydrogens is 356 g/mol. The topological polar surface area (TPSA) is 102 Å². The van der Waals surface area contributed by atoms with Crippen LogP contribution in [-0.4, -0.2) is 43.3 Å². The molecule has 0 atom stereocenters. The summed E-state index contributed by atoms with van der Waals surface area (Å²) in [5.41, 5.74) is 1.65. The van der Waals surface area contributed by atoms with Crippen LogP contribution in [0.15, 0.2) is 54.9 Å². The van der Waals surface area contributed by atoms with Crippen LogP contribution in [-0.2, 0) is 10.0 Å². The number of hydrogen-bond donors (Lipinski definition) is 2. The molecule has 0 saturated carbocycles. The second kappa shape index (κ2) is 7.44. The Kier molecular flexibility index (Phi) is 5.08. The minimum atomic E-state index is -3.59. The van der Waals surface area contributed by atoms with Gasteiger partial charge in [-0.1, -0.05) is 0 Å². The third kappa shape index (κ3) is 4.31. The lowest BCUT2D eigenvalue weighted by Gasteiger charge is -2.09. The molecule has 8 nitrogen and oxygen atoms in total. The molecule has 1 amide bonds. The van der Waals surface area contributed by atoms with Gasteiger partial charge in [0.05, 0.1) is 24.1 Å². The monoisotopic (exact) mass is 374 g/mol. The van der Waals surface area contributed by atoms with Gasteiger partial charge >= 0.3 is 0 Å². The van der Waals surface area contributed by atoms with Crippen molar-refractivity contribution in [1.29, 1.82) is 0 Å². The number of methoxy groups -OCH3 is 1. The Morgan fingerprint density at radius 1 is 1.19 bits per heavy atom. The zero-order valence-corrected chi connectivity index (χ0v) is 14.9. The summed E-state index contributed by atoms with van der Waals surface area (Å²) in [6.07, 6.45) is 3.29. The molecule has 1 aromatic carbocycles. The average Bonchev–Trinajstić information content (AvgIpc) is 3.09. The van der Waals surface area contributed by atoms with Crippen LogP contribution in [0.25, 0.3) is 5.52 Å². The van der Waals surface area contributed by atoms with Gasteiger partial charge in [0.2, 0.25) is 10.0 Å². The van der Waals surface area contributed by atoms with Gasteiger partial charge in [0.1, 0.15) is 5.75 Å². The van der Waals surface area contributed by atoms with Crippen molar-refractivity contribution in [3.05, 3.63) is 60.4 Å². The molecule has 0 saturated heterocycles. The van der Waals surface area contributed by atoms with Gasteiger partial charge in [-0.05, 0) is 42.5 Å². The van der Waals surface area contributed by atoms with Gasteiger partial charge < -0.3 is 10.1 Å². The number of rotatable bonds is 7. The number of carbonyl (C=O) groups excluding carboxylic acids is 1. The Bertz CT molecular complexity index is 1010. The lowest BCUT2D eigenvalue weighted by molar-refractivity contribution is 0.0956. The Hall–Kier alpha value is -3.07. The van der Waals surface area contributed by atoms with E-state index in [0.29, 0.717) is 17.0 Å². The summed E-state index contributed by atoms with van der Waals surface area (Å²) in [6.45, 7) is -0.00484. The highest BCUT2D eigenvalue weighted by Crippen LogP contribution is 2.13. The SMILES string of the molecule is COc1ccc(C(=O)NCCS(=O)(=O)Nc2ccn3nccc3c2)cc1. The maximum Gasteiger partial charge on any atom is 0.251 e. The fourth-order valence-corrected chi connectivity index (χ4v) is 3.32. The van der Waals surface area contributed by atoms with Crippen LogP contribution in [0.2, 0.25) is 0 Å². The molecule has 26 heavy (non-hydrogen) atoms. The molecular formula is C17H18N4O4S. The first-order chi connectivity index (χ1) is 12.5. The molecule has 2 aromatic heterocycles. The zero-order valence-electron chi connectivity index (χ0n) is 14.0. The summed E-state index contributed by atoms with van der Waals surface area (Å²) in [5, 5.41) is 6.64. The second-order valence-corrected chi connectivity index (χ2v) is 7.36. The van der Waals surface area contributed by atoms with Gasteiger partial charge in [0.15, 0.2) is 0 Å². The van der Waals surface area contributed by atoms with Gasteiger partial charge in [-0.15, -0.1) is 0 Å². The average molecular weight is 374 g/mol. The van der Waals surface area contributed by atoms with Crippen molar-refractivity contribution in [1.82, 2.24) is 14.9 Å². The van der Waals surface area contributed by atoms with Crippen LogP contribution >= 0.6 is 0 Å². The van der Waals surface area contributed by atoms with E-state index in [4.69, 9.17) is 4.74 Å². The molecule has 3 rings (SSSR count). The number of pyridine rings is 1. The Balaban J connectivity index is 1.54. The van der Waals surface area contributed by atoms with Gasteiger partial charge in [-0.3, -0.25) is 9.52 Å². The maximum absolute atomic E-state index is 12.2. The number of ether oxygens (including phenoxy) is 1. The first kappa shape index (κ1) is 17.7. The smallest absolute Gasteiger partial charge is 0.251 e. The highest BCUT2D eigenvalue weighted by atomic mass is 32.2.